The molecular weight excluding hydrogens is 370 g/mol. The second-order valence-corrected chi connectivity index (χ2v) is 7.40. The maximum atomic E-state index is 9.79. The molecular formula is C27H25NO2. The van der Waals surface area contributed by atoms with E-state index in [4.69, 9.17) is 4.74 Å². The van der Waals surface area contributed by atoms with Crippen molar-refractivity contribution in [3.05, 3.63) is 102 Å². The second kappa shape index (κ2) is 8.34. The molecule has 0 amide bonds. The Morgan fingerprint density at radius 3 is 1.87 bits per heavy atom. The molecule has 0 aliphatic heterocycles. The zero-order chi connectivity index (χ0) is 21.1. The van der Waals surface area contributed by atoms with Crippen LogP contribution in [-0.4, -0.2) is 12.2 Å². The van der Waals surface area contributed by atoms with Crippen LogP contribution in [-0.2, 0) is 0 Å². The molecule has 0 spiro atoms. The SMILES string of the molecule is COc1ccc(N(c2ccc(-c3cccc(O)c3)cc2)c2ccc(C)c(C)c2)cc1. The lowest BCUT2D eigenvalue weighted by atomic mass is 10.0. The van der Waals surface area contributed by atoms with Gasteiger partial charge in [-0.25, -0.2) is 0 Å². The molecule has 0 atom stereocenters. The highest BCUT2D eigenvalue weighted by Gasteiger charge is 2.13. The molecule has 0 bridgehead atoms. The van der Waals surface area contributed by atoms with Crippen molar-refractivity contribution in [3.8, 4) is 22.6 Å². The fraction of sp³-hybridized carbons (Fsp3) is 0.111. The summed E-state index contributed by atoms with van der Waals surface area (Å²) < 4.78 is 5.33. The van der Waals surface area contributed by atoms with Crippen LogP contribution < -0.4 is 9.64 Å². The summed E-state index contributed by atoms with van der Waals surface area (Å²) in [5.74, 6) is 1.10. The van der Waals surface area contributed by atoms with Crippen molar-refractivity contribution < 1.29 is 9.84 Å². The van der Waals surface area contributed by atoms with Crippen LogP contribution in [0, 0.1) is 13.8 Å². The van der Waals surface area contributed by atoms with Crippen LogP contribution >= 0.6 is 0 Å². The van der Waals surface area contributed by atoms with Crippen LogP contribution in [0.3, 0.4) is 0 Å². The number of benzene rings is 4. The van der Waals surface area contributed by atoms with Gasteiger partial charge < -0.3 is 14.7 Å². The van der Waals surface area contributed by atoms with Crippen molar-refractivity contribution in [1.82, 2.24) is 0 Å². The summed E-state index contributed by atoms with van der Waals surface area (Å²) in [5.41, 5.74) is 7.80. The van der Waals surface area contributed by atoms with E-state index in [9.17, 15) is 5.11 Å². The Kier molecular flexibility index (Phi) is 5.44. The Balaban J connectivity index is 1.77. The lowest BCUT2D eigenvalue weighted by Gasteiger charge is -2.26. The number of nitrogens with zero attached hydrogens (tertiary/aromatic N) is 1. The first-order valence-corrected chi connectivity index (χ1v) is 9.96. The van der Waals surface area contributed by atoms with Crippen molar-refractivity contribution in [2.75, 3.05) is 12.0 Å². The van der Waals surface area contributed by atoms with E-state index in [1.54, 1.807) is 19.2 Å². The number of methoxy groups -OCH3 is 1. The van der Waals surface area contributed by atoms with Crippen LogP contribution in [0.1, 0.15) is 11.1 Å². The zero-order valence-electron chi connectivity index (χ0n) is 17.5. The Morgan fingerprint density at radius 1 is 0.633 bits per heavy atom. The average Bonchev–Trinajstić information content (AvgIpc) is 2.77. The third kappa shape index (κ3) is 4.01. The van der Waals surface area contributed by atoms with Gasteiger partial charge in [-0.05, 0) is 96.8 Å². The van der Waals surface area contributed by atoms with E-state index in [0.29, 0.717) is 0 Å². The molecule has 0 heterocycles. The maximum Gasteiger partial charge on any atom is 0.119 e. The van der Waals surface area contributed by atoms with E-state index in [-0.39, 0.29) is 5.75 Å². The largest absolute Gasteiger partial charge is 0.508 e. The number of aryl methyl sites for hydroxylation is 2. The van der Waals surface area contributed by atoms with Gasteiger partial charge in [0.15, 0.2) is 0 Å². The van der Waals surface area contributed by atoms with Crippen molar-refractivity contribution in [1.29, 1.82) is 0 Å². The van der Waals surface area contributed by atoms with Gasteiger partial charge in [0.05, 0.1) is 7.11 Å². The number of hydrogen-bond acceptors (Lipinski definition) is 3. The zero-order valence-corrected chi connectivity index (χ0v) is 17.5. The van der Waals surface area contributed by atoms with E-state index >= 15 is 0 Å². The first-order valence-electron chi connectivity index (χ1n) is 9.96. The molecule has 0 radical (unpaired) electrons. The highest BCUT2D eigenvalue weighted by Crippen LogP contribution is 2.37. The third-order valence-electron chi connectivity index (χ3n) is 5.38. The average molecular weight is 396 g/mol. The molecule has 0 aliphatic carbocycles. The minimum absolute atomic E-state index is 0.270. The van der Waals surface area contributed by atoms with Crippen molar-refractivity contribution >= 4 is 17.1 Å². The van der Waals surface area contributed by atoms with Gasteiger partial charge in [0.2, 0.25) is 0 Å². The standard InChI is InChI=1S/C27H25NO2/c1-19-7-10-25(17-20(19)2)28(24-13-15-27(30-3)16-14-24)23-11-8-21(9-12-23)22-5-4-6-26(29)18-22/h4-18,29H,1-3H3. The molecule has 0 aromatic heterocycles. The summed E-state index contributed by atoms with van der Waals surface area (Å²) in [4.78, 5) is 2.23. The number of phenols is 1. The normalized spacial score (nSPS) is 10.6. The van der Waals surface area contributed by atoms with Gasteiger partial charge in [-0.3, -0.25) is 0 Å². The predicted molar refractivity (Wildman–Crippen MR) is 124 cm³/mol. The van der Waals surface area contributed by atoms with E-state index in [2.05, 4.69) is 73.3 Å². The quantitative estimate of drug-likeness (QED) is 0.389. The summed E-state index contributed by atoms with van der Waals surface area (Å²) in [6.07, 6.45) is 0. The van der Waals surface area contributed by atoms with Gasteiger partial charge in [0.1, 0.15) is 11.5 Å². The number of ether oxygens (including phenoxy) is 1. The molecule has 4 rings (SSSR count). The maximum absolute atomic E-state index is 9.79. The van der Waals surface area contributed by atoms with E-state index in [0.717, 1.165) is 33.9 Å². The highest BCUT2D eigenvalue weighted by atomic mass is 16.5. The van der Waals surface area contributed by atoms with Crippen molar-refractivity contribution in [2.24, 2.45) is 0 Å². The minimum atomic E-state index is 0.270. The van der Waals surface area contributed by atoms with E-state index in [1.165, 1.54) is 11.1 Å². The summed E-state index contributed by atoms with van der Waals surface area (Å²) in [6, 6.07) is 30.3. The first kappa shape index (κ1) is 19.6. The van der Waals surface area contributed by atoms with Crippen LogP contribution in [0.4, 0.5) is 17.1 Å². The third-order valence-corrected chi connectivity index (χ3v) is 5.38. The minimum Gasteiger partial charge on any atom is -0.508 e. The number of phenolic OH excluding ortho intramolecular Hbond substituents is 1. The Morgan fingerprint density at radius 2 is 1.27 bits per heavy atom. The summed E-state index contributed by atoms with van der Waals surface area (Å²) in [7, 11) is 1.68. The summed E-state index contributed by atoms with van der Waals surface area (Å²) >= 11 is 0. The monoisotopic (exact) mass is 395 g/mol. The van der Waals surface area contributed by atoms with Crippen LogP contribution in [0.25, 0.3) is 11.1 Å². The van der Waals surface area contributed by atoms with Gasteiger partial charge >= 0.3 is 0 Å². The highest BCUT2D eigenvalue weighted by molar-refractivity contribution is 5.79. The number of rotatable bonds is 5. The van der Waals surface area contributed by atoms with Gasteiger partial charge in [0.25, 0.3) is 0 Å². The van der Waals surface area contributed by atoms with Crippen molar-refractivity contribution in [3.63, 3.8) is 0 Å². The molecule has 30 heavy (non-hydrogen) atoms. The molecule has 1 N–H and O–H groups in total. The van der Waals surface area contributed by atoms with Gasteiger partial charge in [-0.15, -0.1) is 0 Å². The molecule has 3 nitrogen and oxygen atoms in total. The molecule has 4 aromatic carbocycles. The predicted octanol–water partition coefficient (Wildman–Crippen LogP) is 7.15. The Labute approximate surface area is 177 Å². The molecule has 150 valence electrons. The lowest BCUT2D eigenvalue weighted by molar-refractivity contribution is 0.415. The molecule has 4 aromatic rings. The van der Waals surface area contributed by atoms with Crippen LogP contribution in [0.5, 0.6) is 11.5 Å². The second-order valence-electron chi connectivity index (χ2n) is 7.40. The molecule has 0 unspecified atom stereocenters. The number of anilines is 3. The molecule has 0 saturated carbocycles. The van der Waals surface area contributed by atoms with E-state index < -0.39 is 0 Å². The first-order chi connectivity index (χ1) is 14.5. The Hall–Kier alpha value is -3.72. The molecule has 0 fully saturated rings. The summed E-state index contributed by atoms with van der Waals surface area (Å²) in [6.45, 7) is 4.26. The summed E-state index contributed by atoms with van der Waals surface area (Å²) in [5, 5.41) is 9.79. The number of hydrogen-bond donors (Lipinski definition) is 1. The Bertz CT molecular complexity index is 1150. The van der Waals surface area contributed by atoms with Gasteiger partial charge in [-0.2, -0.15) is 0 Å². The molecule has 3 heteroatoms. The van der Waals surface area contributed by atoms with E-state index in [1.807, 2.05) is 24.3 Å². The van der Waals surface area contributed by atoms with Crippen LogP contribution in [0.15, 0.2) is 91.0 Å². The smallest absolute Gasteiger partial charge is 0.119 e. The fourth-order valence-corrected chi connectivity index (χ4v) is 3.53. The van der Waals surface area contributed by atoms with Crippen LogP contribution in [0.2, 0.25) is 0 Å². The molecule has 0 saturated heterocycles. The number of aromatic hydroxyl groups is 1. The van der Waals surface area contributed by atoms with Crippen molar-refractivity contribution in [2.45, 2.75) is 13.8 Å². The topological polar surface area (TPSA) is 32.7 Å². The van der Waals surface area contributed by atoms with Gasteiger partial charge in [-0.1, -0.05) is 30.3 Å². The lowest BCUT2D eigenvalue weighted by Crippen LogP contribution is -2.10. The fourth-order valence-electron chi connectivity index (χ4n) is 3.53. The van der Waals surface area contributed by atoms with Gasteiger partial charge in [0, 0.05) is 17.1 Å². The molecule has 0 aliphatic rings.